The number of hydrogen-bond donors (Lipinski definition) is 1. The van der Waals surface area contributed by atoms with Gasteiger partial charge in [0.05, 0.1) is 16.7 Å². The zero-order chi connectivity index (χ0) is 14.6. The van der Waals surface area contributed by atoms with Crippen LogP contribution in [0.15, 0.2) is 18.2 Å². The van der Waals surface area contributed by atoms with Crippen LogP contribution in [0.25, 0.3) is 0 Å². The average Bonchev–Trinajstić information content (AvgIpc) is 2.44. The molecule has 1 atom stereocenters. The van der Waals surface area contributed by atoms with E-state index >= 15 is 0 Å². The first kappa shape index (κ1) is 15.7. The van der Waals surface area contributed by atoms with Crippen molar-refractivity contribution < 1.29 is 19.0 Å². The minimum Gasteiger partial charge on any atom is -0.390 e. The molecule has 2 rings (SSSR count). The van der Waals surface area contributed by atoms with Crippen LogP contribution in [-0.4, -0.2) is 36.6 Å². The smallest absolute Gasteiger partial charge is 0.142 e. The lowest BCUT2D eigenvalue weighted by atomic mass is 9.84. The highest BCUT2D eigenvalue weighted by molar-refractivity contribution is 6.30. The molecule has 1 fully saturated rings. The van der Waals surface area contributed by atoms with E-state index in [-0.39, 0.29) is 5.02 Å². The van der Waals surface area contributed by atoms with E-state index in [0.29, 0.717) is 44.6 Å². The third-order valence-corrected chi connectivity index (χ3v) is 4.10. The molecular formula is C15H20ClFO3. The molecule has 1 unspecified atom stereocenters. The molecule has 0 bridgehead atoms. The molecule has 0 spiro atoms. The van der Waals surface area contributed by atoms with Gasteiger partial charge in [-0.2, -0.15) is 0 Å². The quantitative estimate of drug-likeness (QED) is 0.909. The van der Waals surface area contributed by atoms with Gasteiger partial charge in [0.1, 0.15) is 5.82 Å². The predicted molar refractivity (Wildman–Crippen MR) is 75.5 cm³/mol. The van der Waals surface area contributed by atoms with Crippen LogP contribution in [0, 0.1) is 5.82 Å². The average molecular weight is 303 g/mol. The van der Waals surface area contributed by atoms with Crippen LogP contribution >= 0.6 is 11.6 Å². The van der Waals surface area contributed by atoms with Crippen LogP contribution in [0.3, 0.4) is 0 Å². The molecule has 20 heavy (non-hydrogen) atoms. The fraction of sp³-hybridized carbons (Fsp3) is 0.600. The van der Waals surface area contributed by atoms with Gasteiger partial charge in [0.15, 0.2) is 0 Å². The van der Waals surface area contributed by atoms with Crippen molar-refractivity contribution in [3.63, 3.8) is 0 Å². The summed E-state index contributed by atoms with van der Waals surface area (Å²) in [5, 5.41) is 10.6. The van der Waals surface area contributed by atoms with Gasteiger partial charge in [0, 0.05) is 39.1 Å². The number of halogens is 2. The summed E-state index contributed by atoms with van der Waals surface area (Å²) in [6, 6.07) is 4.61. The second-order valence-electron chi connectivity index (χ2n) is 5.08. The molecule has 0 aliphatic carbocycles. The number of ether oxygens (including phenoxy) is 2. The van der Waals surface area contributed by atoms with Crippen LogP contribution in [0.4, 0.5) is 4.39 Å². The van der Waals surface area contributed by atoms with Gasteiger partial charge in [-0.25, -0.2) is 4.39 Å². The molecule has 0 aromatic heterocycles. The Morgan fingerprint density at radius 1 is 1.45 bits per heavy atom. The molecule has 3 nitrogen and oxygen atoms in total. The van der Waals surface area contributed by atoms with Crippen molar-refractivity contribution in [3.8, 4) is 0 Å². The SMILES string of the molecule is CCOC1(C(O)Cc2ccc(Cl)c(F)c2)CCOCC1. The summed E-state index contributed by atoms with van der Waals surface area (Å²) in [5.41, 5.74) is 0.119. The summed E-state index contributed by atoms with van der Waals surface area (Å²) in [7, 11) is 0. The molecule has 1 aliphatic heterocycles. The lowest BCUT2D eigenvalue weighted by Crippen LogP contribution is -2.50. The number of aliphatic hydroxyl groups excluding tert-OH is 1. The number of rotatable bonds is 5. The lowest BCUT2D eigenvalue weighted by Gasteiger charge is -2.40. The zero-order valence-electron chi connectivity index (χ0n) is 11.6. The van der Waals surface area contributed by atoms with E-state index in [1.165, 1.54) is 12.1 Å². The largest absolute Gasteiger partial charge is 0.390 e. The summed E-state index contributed by atoms with van der Waals surface area (Å²) < 4.78 is 24.6. The summed E-state index contributed by atoms with van der Waals surface area (Å²) in [5.74, 6) is -0.464. The summed E-state index contributed by atoms with van der Waals surface area (Å²) >= 11 is 5.66. The first-order valence-electron chi connectivity index (χ1n) is 6.91. The molecule has 0 saturated carbocycles. The maximum absolute atomic E-state index is 13.5. The fourth-order valence-corrected chi connectivity index (χ4v) is 2.77. The third kappa shape index (κ3) is 3.50. The molecule has 1 saturated heterocycles. The minimum atomic E-state index is -0.688. The minimum absolute atomic E-state index is 0.0915. The number of benzene rings is 1. The first-order valence-corrected chi connectivity index (χ1v) is 7.29. The Kier molecular flexibility index (Phi) is 5.38. The third-order valence-electron chi connectivity index (χ3n) is 3.79. The molecule has 1 aromatic rings. The van der Waals surface area contributed by atoms with Crippen molar-refractivity contribution >= 4 is 11.6 Å². The highest BCUT2D eigenvalue weighted by Crippen LogP contribution is 2.31. The van der Waals surface area contributed by atoms with Gasteiger partial charge >= 0.3 is 0 Å². The van der Waals surface area contributed by atoms with Gasteiger partial charge in [-0.3, -0.25) is 0 Å². The van der Waals surface area contributed by atoms with Crippen molar-refractivity contribution in [1.29, 1.82) is 0 Å². The van der Waals surface area contributed by atoms with Crippen LogP contribution in [-0.2, 0) is 15.9 Å². The number of aliphatic hydroxyl groups is 1. The van der Waals surface area contributed by atoms with Crippen molar-refractivity contribution in [3.05, 3.63) is 34.6 Å². The van der Waals surface area contributed by atoms with Gasteiger partial charge in [-0.15, -0.1) is 0 Å². The van der Waals surface area contributed by atoms with Gasteiger partial charge in [-0.05, 0) is 24.6 Å². The Morgan fingerprint density at radius 3 is 2.75 bits per heavy atom. The van der Waals surface area contributed by atoms with Crippen LogP contribution in [0.1, 0.15) is 25.3 Å². The van der Waals surface area contributed by atoms with E-state index in [1.54, 1.807) is 6.07 Å². The molecule has 0 radical (unpaired) electrons. The van der Waals surface area contributed by atoms with E-state index in [9.17, 15) is 9.50 Å². The maximum Gasteiger partial charge on any atom is 0.142 e. The van der Waals surface area contributed by atoms with Crippen molar-refractivity contribution in [2.24, 2.45) is 0 Å². The molecule has 1 aromatic carbocycles. The van der Waals surface area contributed by atoms with E-state index in [0.717, 1.165) is 0 Å². The molecule has 112 valence electrons. The molecule has 5 heteroatoms. The van der Waals surface area contributed by atoms with Crippen molar-refractivity contribution in [2.75, 3.05) is 19.8 Å². The van der Waals surface area contributed by atoms with Crippen LogP contribution in [0.2, 0.25) is 5.02 Å². The molecular weight excluding hydrogens is 283 g/mol. The lowest BCUT2D eigenvalue weighted by molar-refractivity contribution is -0.165. The molecule has 1 aliphatic rings. The first-order chi connectivity index (χ1) is 9.57. The standard InChI is InChI=1S/C15H20ClFO3/c1-2-20-15(5-7-19-8-6-15)14(18)10-11-3-4-12(16)13(17)9-11/h3-4,9,14,18H,2,5-8,10H2,1H3. The maximum atomic E-state index is 13.5. The molecule has 1 heterocycles. The van der Waals surface area contributed by atoms with Crippen molar-refractivity contribution in [1.82, 2.24) is 0 Å². The number of hydrogen-bond acceptors (Lipinski definition) is 3. The molecule has 0 amide bonds. The normalized spacial score (nSPS) is 19.8. The van der Waals surface area contributed by atoms with Gasteiger partial charge in [0.25, 0.3) is 0 Å². The van der Waals surface area contributed by atoms with E-state index < -0.39 is 17.5 Å². The van der Waals surface area contributed by atoms with Gasteiger partial charge in [0.2, 0.25) is 0 Å². The topological polar surface area (TPSA) is 38.7 Å². The highest BCUT2D eigenvalue weighted by atomic mass is 35.5. The Balaban J connectivity index is 2.11. The van der Waals surface area contributed by atoms with E-state index in [4.69, 9.17) is 21.1 Å². The summed E-state index contributed by atoms with van der Waals surface area (Å²) in [6.07, 6.45) is 0.955. The highest BCUT2D eigenvalue weighted by Gasteiger charge is 2.40. The van der Waals surface area contributed by atoms with E-state index in [2.05, 4.69) is 0 Å². The second-order valence-corrected chi connectivity index (χ2v) is 5.49. The predicted octanol–water partition coefficient (Wildman–Crippen LogP) is 2.97. The second kappa shape index (κ2) is 6.85. The summed E-state index contributed by atoms with van der Waals surface area (Å²) in [6.45, 7) is 3.59. The Labute approximate surface area is 123 Å². The van der Waals surface area contributed by atoms with Gasteiger partial charge in [-0.1, -0.05) is 17.7 Å². The monoisotopic (exact) mass is 302 g/mol. The van der Waals surface area contributed by atoms with Crippen LogP contribution < -0.4 is 0 Å². The Hall–Kier alpha value is -0.680. The fourth-order valence-electron chi connectivity index (χ4n) is 2.65. The zero-order valence-corrected chi connectivity index (χ0v) is 12.3. The van der Waals surface area contributed by atoms with Crippen molar-refractivity contribution in [2.45, 2.75) is 37.9 Å². The molecule has 1 N–H and O–H groups in total. The van der Waals surface area contributed by atoms with Gasteiger partial charge < -0.3 is 14.6 Å². The summed E-state index contributed by atoms with van der Waals surface area (Å²) in [4.78, 5) is 0. The van der Waals surface area contributed by atoms with E-state index in [1.807, 2.05) is 6.92 Å². The Morgan fingerprint density at radius 2 is 2.15 bits per heavy atom. The Bertz CT molecular complexity index is 441. The van der Waals surface area contributed by atoms with Crippen LogP contribution in [0.5, 0.6) is 0 Å².